The molecule has 2 aromatic rings. The lowest BCUT2D eigenvalue weighted by Gasteiger charge is -2.28. The zero-order chi connectivity index (χ0) is 14.4. The highest BCUT2D eigenvalue weighted by Gasteiger charge is 2.49. The number of thiophene rings is 1. The van der Waals surface area contributed by atoms with E-state index < -0.39 is 0 Å². The van der Waals surface area contributed by atoms with Crippen LogP contribution in [0, 0.1) is 11.3 Å². The van der Waals surface area contributed by atoms with Crippen molar-refractivity contribution in [2.75, 3.05) is 0 Å². The summed E-state index contributed by atoms with van der Waals surface area (Å²) in [6.07, 6.45) is 3.88. The number of fused-ring (bicyclic) bond motifs is 2. The SMILES string of the molecule is N#Cc1ccc(C2CC(=S)CC23C=Nc2ccccc23)s1. The molecule has 4 rings (SSSR count). The molecule has 2 heterocycles. The Labute approximate surface area is 132 Å². The Balaban J connectivity index is 1.86. The molecule has 1 fully saturated rings. The first-order chi connectivity index (χ1) is 10.2. The standard InChI is InChI=1S/C17H12N2S2/c18-9-12-5-6-16(21-12)14-7-11(20)8-17(14)10-19-15-4-2-1-3-13(15)17/h1-6,10,14H,7-8H2. The predicted octanol–water partition coefficient (Wildman–Crippen LogP) is 4.52. The maximum atomic E-state index is 9.07. The lowest BCUT2D eigenvalue weighted by Crippen LogP contribution is -2.28. The first-order valence-electron chi connectivity index (χ1n) is 6.89. The molecule has 0 radical (unpaired) electrons. The average Bonchev–Trinajstić information content (AvgIpc) is 3.18. The van der Waals surface area contributed by atoms with E-state index in [1.165, 1.54) is 10.4 Å². The summed E-state index contributed by atoms with van der Waals surface area (Å²) >= 11 is 7.13. The molecule has 0 amide bonds. The van der Waals surface area contributed by atoms with E-state index in [0.717, 1.165) is 28.3 Å². The molecule has 102 valence electrons. The first kappa shape index (κ1) is 12.9. The van der Waals surface area contributed by atoms with E-state index in [-0.39, 0.29) is 5.41 Å². The molecular formula is C17H12N2S2. The van der Waals surface area contributed by atoms with Crippen molar-refractivity contribution in [1.29, 1.82) is 5.26 Å². The fraction of sp³-hybridized carbons (Fsp3) is 0.235. The molecule has 21 heavy (non-hydrogen) atoms. The largest absolute Gasteiger partial charge is 0.260 e. The van der Waals surface area contributed by atoms with E-state index in [0.29, 0.717) is 5.92 Å². The molecule has 1 saturated carbocycles. The van der Waals surface area contributed by atoms with Crippen molar-refractivity contribution in [3.63, 3.8) is 0 Å². The van der Waals surface area contributed by atoms with E-state index in [9.17, 15) is 0 Å². The highest BCUT2D eigenvalue weighted by Crippen LogP contribution is 2.55. The summed E-state index contributed by atoms with van der Waals surface area (Å²) in [6, 6.07) is 14.6. The van der Waals surface area contributed by atoms with Crippen LogP contribution < -0.4 is 0 Å². The fourth-order valence-electron chi connectivity index (χ4n) is 3.54. The van der Waals surface area contributed by atoms with Crippen LogP contribution in [-0.2, 0) is 5.41 Å². The number of hydrogen-bond acceptors (Lipinski definition) is 4. The van der Waals surface area contributed by atoms with E-state index in [1.807, 2.05) is 12.1 Å². The van der Waals surface area contributed by atoms with Gasteiger partial charge >= 0.3 is 0 Å². The van der Waals surface area contributed by atoms with Crippen molar-refractivity contribution in [3.05, 3.63) is 51.7 Å². The van der Waals surface area contributed by atoms with Crippen LogP contribution in [0.4, 0.5) is 5.69 Å². The van der Waals surface area contributed by atoms with Gasteiger partial charge in [-0.2, -0.15) is 5.26 Å². The van der Waals surface area contributed by atoms with Crippen LogP contribution in [0.5, 0.6) is 0 Å². The quantitative estimate of drug-likeness (QED) is 0.726. The third-order valence-electron chi connectivity index (χ3n) is 4.46. The first-order valence-corrected chi connectivity index (χ1v) is 8.12. The minimum atomic E-state index is -0.106. The Morgan fingerprint density at radius 2 is 2.14 bits per heavy atom. The van der Waals surface area contributed by atoms with Crippen LogP contribution in [0.15, 0.2) is 41.4 Å². The summed E-state index contributed by atoms with van der Waals surface area (Å²) in [5.74, 6) is 0.310. The molecule has 2 unspecified atom stereocenters. The summed E-state index contributed by atoms with van der Waals surface area (Å²) in [4.78, 5) is 7.74. The Bertz CT molecular complexity index is 812. The van der Waals surface area contributed by atoms with Gasteiger partial charge in [-0.05, 0) is 41.5 Å². The topological polar surface area (TPSA) is 36.1 Å². The van der Waals surface area contributed by atoms with Gasteiger partial charge in [-0.3, -0.25) is 4.99 Å². The maximum Gasteiger partial charge on any atom is 0.110 e. The third-order valence-corrected chi connectivity index (χ3v) is 5.88. The van der Waals surface area contributed by atoms with E-state index in [1.54, 1.807) is 11.3 Å². The van der Waals surface area contributed by atoms with Crippen LogP contribution in [0.1, 0.15) is 34.1 Å². The van der Waals surface area contributed by atoms with Gasteiger partial charge in [0.25, 0.3) is 0 Å². The Morgan fingerprint density at radius 1 is 1.29 bits per heavy atom. The van der Waals surface area contributed by atoms with Gasteiger partial charge in [0.05, 0.1) is 5.69 Å². The van der Waals surface area contributed by atoms with Gasteiger partial charge in [0.2, 0.25) is 0 Å². The molecule has 1 aromatic heterocycles. The summed E-state index contributed by atoms with van der Waals surface area (Å²) in [5.41, 5.74) is 2.23. The van der Waals surface area contributed by atoms with Crippen molar-refractivity contribution in [2.24, 2.45) is 4.99 Å². The third kappa shape index (κ3) is 1.81. The van der Waals surface area contributed by atoms with Gasteiger partial charge < -0.3 is 0 Å². The van der Waals surface area contributed by atoms with Crippen molar-refractivity contribution in [2.45, 2.75) is 24.2 Å². The van der Waals surface area contributed by atoms with Crippen LogP contribution >= 0.6 is 23.6 Å². The molecule has 1 aliphatic carbocycles. The van der Waals surface area contributed by atoms with Crippen LogP contribution in [-0.4, -0.2) is 11.1 Å². The van der Waals surface area contributed by atoms with Crippen LogP contribution in [0.3, 0.4) is 0 Å². The van der Waals surface area contributed by atoms with Crippen molar-refractivity contribution in [3.8, 4) is 6.07 Å². The number of nitrogens with zero attached hydrogens (tertiary/aromatic N) is 2. The average molecular weight is 308 g/mol. The van der Waals surface area contributed by atoms with Gasteiger partial charge in [-0.25, -0.2) is 0 Å². The molecule has 0 bridgehead atoms. The Kier molecular flexibility index (Phi) is 2.81. The Hall–Kier alpha value is -1.83. The van der Waals surface area contributed by atoms with Crippen molar-refractivity contribution < 1.29 is 0 Å². The fourth-order valence-corrected chi connectivity index (χ4v) is 4.95. The molecule has 0 saturated heterocycles. The molecule has 4 heteroatoms. The summed E-state index contributed by atoms with van der Waals surface area (Å²) in [5, 5.41) is 9.07. The molecule has 1 aromatic carbocycles. The number of para-hydroxylation sites is 1. The molecule has 2 aliphatic rings. The van der Waals surface area contributed by atoms with Crippen molar-refractivity contribution in [1.82, 2.24) is 0 Å². The number of hydrogen-bond donors (Lipinski definition) is 0. The minimum Gasteiger partial charge on any atom is -0.260 e. The molecular weight excluding hydrogens is 296 g/mol. The number of benzene rings is 1. The van der Waals surface area contributed by atoms with E-state index >= 15 is 0 Å². The predicted molar refractivity (Wildman–Crippen MR) is 89.9 cm³/mol. The second-order valence-corrected chi connectivity index (χ2v) is 7.29. The number of rotatable bonds is 1. The molecule has 0 N–H and O–H groups in total. The van der Waals surface area contributed by atoms with Gasteiger partial charge in [0, 0.05) is 22.4 Å². The van der Waals surface area contributed by atoms with E-state index in [4.69, 9.17) is 17.5 Å². The number of aliphatic imine (C=N–C) groups is 1. The molecule has 2 nitrogen and oxygen atoms in total. The van der Waals surface area contributed by atoms with Crippen LogP contribution in [0.2, 0.25) is 0 Å². The molecule has 1 aliphatic heterocycles. The summed E-state index contributed by atoms with van der Waals surface area (Å²) in [6.45, 7) is 0. The number of thiocarbonyl (C=S) groups is 1. The van der Waals surface area contributed by atoms with Crippen LogP contribution in [0.25, 0.3) is 0 Å². The highest BCUT2D eigenvalue weighted by molar-refractivity contribution is 7.80. The Morgan fingerprint density at radius 3 is 2.95 bits per heavy atom. The number of nitriles is 1. The maximum absolute atomic E-state index is 9.07. The second-order valence-electron chi connectivity index (χ2n) is 5.60. The summed E-state index contributed by atoms with van der Waals surface area (Å²) < 4.78 is 0. The molecule has 2 atom stereocenters. The lowest BCUT2D eigenvalue weighted by atomic mass is 9.73. The molecule has 1 spiro atoms. The van der Waals surface area contributed by atoms with Gasteiger partial charge in [-0.15, -0.1) is 11.3 Å². The summed E-state index contributed by atoms with van der Waals surface area (Å²) in [7, 11) is 0. The van der Waals surface area contributed by atoms with E-state index in [2.05, 4.69) is 41.5 Å². The van der Waals surface area contributed by atoms with Gasteiger partial charge in [0.1, 0.15) is 10.9 Å². The highest BCUT2D eigenvalue weighted by atomic mass is 32.1. The zero-order valence-electron chi connectivity index (χ0n) is 11.2. The van der Waals surface area contributed by atoms with Crippen molar-refractivity contribution >= 4 is 40.3 Å². The smallest absolute Gasteiger partial charge is 0.110 e. The zero-order valence-corrected chi connectivity index (χ0v) is 12.9. The van der Waals surface area contributed by atoms with Gasteiger partial charge in [-0.1, -0.05) is 30.4 Å². The second kappa shape index (κ2) is 4.59. The lowest BCUT2D eigenvalue weighted by molar-refractivity contribution is 0.552. The minimum absolute atomic E-state index is 0.106. The normalized spacial score (nSPS) is 26.2. The monoisotopic (exact) mass is 308 g/mol. The van der Waals surface area contributed by atoms with Gasteiger partial charge in [0.15, 0.2) is 0 Å².